The highest BCUT2D eigenvalue weighted by atomic mass is 16.6. The molecule has 1 aliphatic heterocycles. The molecule has 1 saturated heterocycles. The molecule has 8 heteroatoms. The fourth-order valence-electron chi connectivity index (χ4n) is 2.38. The number of aliphatic carboxylic acids is 1. The number of hydrazine groups is 1. The molecular weight excluding hydrogens is 314 g/mol. The van der Waals surface area contributed by atoms with Gasteiger partial charge in [-0.25, -0.2) is 20.0 Å². The number of furan rings is 1. The highest BCUT2D eigenvalue weighted by molar-refractivity contribution is 5.74. The van der Waals surface area contributed by atoms with Crippen LogP contribution in [0.3, 0.4) is 0 Å². The first-order chi connectivity index (χ1) is 11.2. The lowest BCUT2D eigenvalue weighted by molar-refractivity contribution is -0.142. The lowest BCUT2D eigenvalue weighted by Crippen LogP contribution is -2.55. The minimum Gasteiger partial charge on any atom is -0.480 e. The van der Waals surface area contributed by atoms with Crippen LogP contribution in [-0.2, 0) is 9.53 Å². The summed E-state index contributed by atoms with van der Waals surface area (Å²) in [5.74, 6) is 0.00119. The second-order valence-electron chi connectivity index (χ2n) is 6.80. The lowest BCUT2D eigenvalue weighted by Gasteiger charge is -2.36. The molecule has 134 valence electrons. The molecule has 0 saturated carbocycles. The minimum absolute atomic E-state index is 0.349. The molecule has 1 aromatic rings. The van der Waals surface area contributed by atoms with Crippen molar-refractivity contribution in [2.75, 3.05) is 26.2 Å². The molecule has 0 aliphatic carbocycles. The molecule has 1 aromatic heterocycles. The van der Waals surface area contributed by atoms with Gasteiger partial charge in [0, 0.05) is 26.2 Å². The van der Waals surface area contributed by atoms with Gasteiger partial charge in [0.1, 0.15) is 17.1 Å². The van der Waals surface area contributed by atoms with Crippen LogP contribution >= 0.6 is 0 Å². The monoisotopic (exact) mass is 339 g/mol. The number of carboxylic acid groups (broad SMARTS) is 1. The number of nitrogens with zero attached hydrogens (tertiary/aromatic N) is 2. The number of hydrogen-bond acceptors (Lipinski definition) is 6. The van der Waals surface area contributed by atoms with E-state index in [9.17, 15) is 14.7 Å². The van der Waals surface area contributed by atoms with E-state index < -0.39 is 17.6 Å². The Labute approximate surface area is 141 Å². The van der Waals surface area contributed by atoms with E-state index in [0.29, 0.717) is 37.7 Å². The second kappa shape index (κ2) is 7.23. The Morgan fingerprint density at radius 3 is 2.33 bits per heavy atom. The molecule has 1 fully saturated rings. The van der Waals surface area contributed by atoms with E-state index in [0.717, 1.165) is 0 Å². The van der Waals surface area contributed by atoms with E-state index >= 15 is 0 Å². The third kappa shape index (κ3) is 4.97. The number of ether oxygens (including phenoxy) is 1. The standard InChI is InChI=1S/C16H25N3O5/c1-11-5-6-12(23-11)13(14(20)21)17-19-9-7-18(8-10-19)15(22)24-16(2,3)4/h5-6,13,17H,7-10H2,1-4H3,(H,20,21). The second-order valence-corrected chi connectivity index (χ2v) is 6.80. The molecule has 8 nitrogen and oxygen atoms in total. The topological polar surface area (TPSA) is 95.2 Å². The predicted octanol–water partition coefficient (Wildman–Crippen LogP) is 1.77. The number of carbonyl (C=O) groups excluding carboxylic acids is 1. The summed E-state index contributed by atoms with van der Waals surface area (Å²) in [6.45, 7) is 9.17. The Bertz CT molecular complexity index is 585. The summed E-state index contributed by atoms with van der Waals surface area (Å²) in [6.07, 6.45) is -0.349. The predicted molar refractivity (Wildman–Crippen MR) is 86.3 cm³/mol. The molecule has 1 atom stereocenters. The fraction of sp³-hybridized carbons (Fsp3) is 0.625. The van der Waals surface area contributed by atoms with Crippen molar-refractivity contribution in [2.45, 2.75) is 39.3 Å². The molecule has 2 N–H and O–H groups in total. The van der Waals surface area contributed by atoms with Crippen molar-refractivity contribution >= 4 is 12.1 Å². The van der Waals surface area contributed by atoms with Gasteiger partial charge >= 0.3 is 12.1 Å². The molecule has 0 radical (unpaired) electrons. The Morgan fingerprint density at radius 2 is 1.88 bits per heavy atom. The number of aryl methyl sites for hydroxylation is 1. The maximum absolute atomic E-state index is 12.0. The molecule has 0 bridgehead atoms. The molecule has 0 spiro atoms. The first-order valence-corrected chi connectivity index (χ1v) is 7.94. The summed E-state index contributed by atoms with van der Waals surface area (Å²) in [6, 6.07) is 2.43. The molecule has 1 aliphatic rings. The van der Waals surface area contributed by atoms with Gasteiger partial charge in [-0.1, -0.05) is 0 Å². The van der Waals surface area contributed by atoms with Crippen LogP contribution in [0.15, 0.2) is 16.5 Å². The number of carbonyl (C=O) groups is 2. The molecule has 24 heavy (non-hydrogen) atoms. The summed E-state index contributed by atoms with van der Waals surface area (Å²) in [5.41, 5.74) is 2.42. The summed E-state index contributed by atoms with van der Waals surface area (Å²) in [7, 11) is 0. The van der Waals surface area contributed by atoms with Crippen molar-refractivity contribution < 1.29 is 23.8 Å². The SMILES string of the molecule is Cc1ccc(C(NN2CCN(C(=O)OC(C)(C)C)CC2)C(=O)O)o1. The van der Waals surface area contributed by atoms with Crippen LogP contribution in [0.5, 0.6) is 0 Å². The van der Waals surface area contributed by atoms with Crippen LogP contribution in [-0.4, -0.2) is 58.9 Å². The van der Waals surface area contributed by atoms with Crippen molar-refractivity contribution in [1.82, 2.24) is 15.3 Å². The largest absolute Gasteiger partial charge is 0.480 e. The van der Waals surface area contributed by atoms with Gasteiger partial charge in [-0.05, 0) is 39.8 Å². The van der Waals surface area contributed by atoms with Crippen LogP contribution in [0.1, 0.15) is 38.3 Å². The van der Waals surface area contributed by atoms with E-state index in [-0.39, 0.29) is 6.09 Å². The van der Waals surface area contributed by atoms with E-state index in [1.807, 2.05) is 20.8 Å². The van der Waals surface area contributed by atoms with Crippen LogP contribution in [0.2, 0.25) is 0 Å². The maximum Gasteiger partial charge on any atom is 0.410 e. The molecule has 1 amide bonds. The lowest BCUT2D eigenvalue weighted by atomic mass is 10.2. The van der Waals surface area contributed by atoms with Gasteiger partial charge < -0.3 is 19.2 Å². The van der Waals surface area contributed by atoms with E-state index in [1.165, 1.54) is 0 Å². The average Bonchev–Trinajstić information content (AvgIpc) is 2.89. The number of hydrogen-bond donors (Lipinski definition) is 2. The molecule has 2 rings (SSSR count). The summed E-state index contributed by atoms with van der Waals surface area (Å²) < 4.78 is 10.8. The van der Waals surface area contributed by atoms with E-state index in [4.69, 9.17) is 9.15 Å². The Morgan fingerprint density at radius 1 is 1.25 bits per heavy atom. The molecule has 0 aromatic carbocycles. The zero-order valence-corrected chi connectivity index (χ0v) is 14.5. The van der Waals surface area contributed by atoms with Gasteiger partial charge in [0.15, 0.2) is 6.04 Å². The zero-order valence-electron chi connectivity index (χ0n) is 14.5. The summed E-state index contributed by atoms with van der Waals surface area (Å²) in [5, 5.41) is 11.2. The van der Waals surface area contributed by atoms with Crippen molar-refractivity contribution in [1.29, 1.82) is 0 Å². The van der Waals surface area contributed by atoms with Crippen molar-refractivity contribution in [3.8, 4) is 0 Å². The molecular formula is C16H25N3O5. The summed E-state index contributed by atoms with van der Waals surface area (Å²) >= 11 is 0. The smallest absolute Gasteiger partial charge is 0.410 e. The zero-order chi connectivity index (χ0) is 17.9. The van der Waals surface area contributed by atoms with E-state index in [2.05, 4.69) is 5.43 Å². The van der Waals surface area contributed by atoms with Crippen LogP contribution in [0.4, 0.5) is 4.79 Å². The third-order valence-electron chi connectivity index (χ3n) is 3.54. The number of amides is 1. The van der Waals surface area contributed by atoms with Gasteiger partial charge in [0.05, 0.1) is 0 Å². The first-order valence-electron chi connectivity index (χ1n) is 7.94. The molecule has 2 heterocycles. The first kappa shape index (κ1) is 18.3. The summed E-state index contributed by atoms with van der Waals surface area (Å²) in [4.78, 5) is 25.1. The van der Waals surface area contributed by atoms with Gasteiger partial charge in [-0.15, -0.1) is 0 Å². The third-order valence-corrected chi connectivity index (χ3v) is 3.54. The van der Waals surface area contributed by atoms with Gasteiger partial charge in [-0.2, -0.15) is 0 Å². The normalized spacial score (nSPS) is 17.6. The van der Waals surface area contributed by atoms with E-state index in [1.54, 1.807) is 29.0 Å². The number of nitrogens with one attached hydrogen (secondary N) is 1. The van der Waals surface area contributed by atoms with Crippen LogP contribution < -0.4 is 5.43 Å². The maximum atomic E-state index is 12.0. The average molecular weight is 339 g/mol. The van der Waals surface area contributed by atoms with Crippen molar-refractivity contribution in [3.63, 3.8) is 0 Å². The van der Waals surface area contributed by atoms with Crippen LogP contribution in [0.25, 0.3) is 0 Å². The van der Waals surface area contributed by atoms with Crippen LogP contribution in [0, 0.1) is 6.92 Å². The number of carboxylic acids is 1. The van der Waals surface area contributed by atoms with Crippen molar-refractivity contribution in [2.24, 2.45) is 0 Å². The van der Waals surface area contributed by atoms with Gasteiger partial charge in [0.2, 0.25) is 0 Å². The fourth-order valence-corrected chi connectivity index (χ4v) is 2.38. The van der Waals surface area contributed by atoms with Crippen molar-refractivity contribution in [3.05, 3.63) is 23.7 Å². The number of piperazine rings is 1. The quantitative estimate of drug-likeness (QED) is 0.863. The number of rotatable bonds is 4. The van der Waals surface area contributed by atoms with Gasteiger partial charge in [0.25, 0.3) is 0 Å². The highest BCUT2D eigenvalue weighted by Gasteiger charge is 2.30. The molecule has 1 unspecified atom stereocenters. The minimum atomic E-state index is -1.01. The Balaban J connectivity index is 1.89. The Hall–Kier alpha value is -2.06. The Kier molecular flexibility index (Phi) is 5.51. The highest BCUT2D eigenvalue weighted by Crippen LogP contribution is 2.18. The van der Waals surface area contributed by atoms with Gasteiger partial charge in [-0.3, -0.25) is 0 Å².